The Balaban J connectivity index is 1.39. The normalized spacial score (nSPS) is 16.2. The van der Waals surface area contributed by atoms with Crippen LogP contribution in [0.1, 0.15) is 5.56 Å². The first kappa shape index (κ1) is 19.5. The maximum atomic E-state index is 12.6. The molecule has 2 aromatic carbocycles. The maximum Gasteiger partial charge on any atom is 0.246 e. The summed E-state index contributed by atoms with van der Waals surface area (Å²) in [6, 6.07) is 11.5. The molecule has 2 aliphatic heterocycles. The first-order valence-electron chi connectivity index (χ1n) is 9.59. The van der Waals surface area contributed by atoms with E-state index in [0.29, 0.717) is 43.6 Å². The summed E-state index contributed by atoms with van der Waals surface area (Å²) in [4.78, 5) is 16.7. The molecule has 152 valence electrons. The molecular formula is C22H23ClN2O4. The lowest BCUT2D eigenvalue weighted by atomic mass is 10.1. The first-order valence-corrected chi connectivity index (χ1v) is 9.97. The number of nitrogens with zero attached hydrogens (tertiary/aromatic N) is 2. The van der Waals surface area contributed by atoms with Gasteiger partial charge >= 0.3 is 0 Å². The van der Waals surface area contributed by atoms with Gasteiger partial charge in [0.2, 0.25) is 11.7 Å². The van der Waals surface area contributed by atoms with E-state index in [1.54, 1.807) is 19.3 Å². The Morgan fingerprint density at radius 1 is 1.10 bits per heavy atom. The zero-order valence-corrected chi connectivity index (χ0v) is 17.0. The van der Waals surface area contributed by atoms with Gasteiger partial charge in [0, 0.05) is 43.0 Å². The Morgan fingerprint density at radius 3 is 2.66 bits per heavy atom. The molecule has 29 heavy (non-hydrogen) atoms. The second-order valence-electron chi connectivity index (χ2n) is 6.87. The summed E-state index contributed by atoms with van der Waals surface area (Å²) in [5.74, 6) is 1.84. The van der Waals surface area contributed by atoms with Crippen LogP contribution in [0.3, 0.4) is 0 Å². The molecule has 4 rings (SSSR count). The largest absolute Gasteiger partial charge is 0.493 e. The van der Waals surface area contributed by atoms with Gasteiger partial charge in [-0.1, -0.05) is 17.7 Å². The van der Waals surface area contributed by atoms with Crippen molar-refractivity contribution in [3.05, 3.63) is 53.1 Å². The monoisotopic (exact) mass is 414 g/mol. The third kappa shape index (κ3) is 4.43. The zero-order valence-electron chi connectivity index (χ0n) is 16.3. The van der Waals surface area contributed by atoms with E-state index in [1.807, 2.05) is 41.3 Å². The highest BCUT2D eigenvalue weighted by molar-refractivity contribution is 6.30. The second kappa shape index (κ2) is 8.66. The fourth-order valence-electron chi connectivity index (χ4n) is 3.52. The quantitative estimate of drug-likeness (QED) is 0.717. The van der Waals surface area contributed by atoms with E-state index in [9.17, 15) is 4.79 Å². The molecule has 0 unspecified atom stereocenters. The van der Waals surface area contributed by atoms with Gasteiger partial charge in [-0.05, 0) is 42.0 Å². The lowest BCUT2D eigenvalue weighted by Crippen LogP contribution is -2.48. The second-order valence-corrected chi connectivity index (χ2v) is 7.31. The van der Waals surface area contributed by atoms with Crippen LogP contribution in [0.15, 0.2) is 42.5 Å². The van der Waals surface area contributed by atoms with E-state index in [0.717, 1.165) is 29.4 Å². The fourth-order valence-corrected chi connectivity index (χ4v) is 3.70. The molecule has 1 amide bonds. The molecule has 0 aliphatic carbocycles. The van der Waals surface area contributed by atoms with Crippen molar-refractivity contribution in [1.82, 2.24) is 4.90 Å². The summed E-state index contributed by atoms with van der Waals surface area (Å²) in [5.41, 5.74) is 1.92. The minimum absolute atomic E-state index is 0.00963. The molecular weight excluding hydrogens is 392 g/mol. The molecule has 0 bridgehead atoms. The molecule has 1 saturated heterocycles. The number of carbonyl (C=O) groups is 1. The van der Waals surface area contributed by atoms with Crippen molar-refractivity contribution in [2.45, 2.75) is 0 Å². The number of methoxy groups -OCH3 is 1. The molecule has 0 aromatic heterocycles. The summed E-state index contributed by atoms with van der Waals surface area (Å²) >= 11 is 6.08. The third-order valence-corrected chi connectivity index (χ3v) is 5.27. The van der Waals surface area contributed by atoms with E-state index in [4.69, 9.17) is 25.8 Å². The minimum atomic E-state index is -0.00963. The Morgan fingerprint density at radius 2 is 1.90 bits per heavy atom. The van der Waals surface area contributed by atoms with Crippen LogP contribution < -0.4 is 19.1 Å². The van der Waals surface area contributed by atoms with Crippen molar-refractivity contribution < 1.29 is 19.0 Å². The van der Waals surface area contributed by atoms with Gasteiger partial charge in [-0.15, -0.1) is 0 Å². The minimum Gasteiger partial charge on any atom is -0.493 e. The molecule has 7 heteroatoms. The smallest absolute Gasteiger partial charge is 0.246 e. The maximum absolute atomic E-state index is 12.6. The number of anilines is 1. The summed E-state index contributed by atoms with van der Waals surface area (Å²) < 4.78 is 16.6. The number of benzene rings is 2. The van der Waals surface area contributed by atoms with E-state index in [-0.39, 0.29) is 5.91 Å². The van der Waals surface area contributed by atoms with Crippen LogP contribution in [0.2, 0.25) is 5.02 Å². The van der Waals surface area contributed by atoms with Crippen LogP contribution in [0.5, 0.6) is 17.2 Å². The number of hydrogen-bond acceptors (Lipinski definition) is 5. The number of fused-ring (bicyclic) bond motifs is 1. The van der Waals surface area contributed by atoms with Crippen LogP contribution in [0, 0.1) is 0 Å². The number of ether oxygens (including phenoxy) is 3. The average molecular weight is 415 g/mol. The molecule has 0 radical (unpaired) electrons. The van der Waals surface area contributed by atoms with Gasteiger partial charge < -0.3 is 24.0 Å². The van der Waals surface area contributed by atoms with Gasteiger partial charge in [-0.2, -0.15) is 0 Å². The summed E-state index contributed by atoms with van der Waals surface area (Å²) in [6.07, 6.45) is 3.38. The average Bonchev–Trinajstić information content (AvgIpc) is 2.77. The Hall–Kier alpha value is -2.86. The molecule has 0 spiro atoms. The van der Waals surface area contributed by atoms with Crippen molar-refractivity contribution in [3.8, 4) is 17.2 Å². The van der Waals surface area contributed by atoms with Gasteiger partial charge in [0.1, 0.15) is 13.2 Å². The number of amides is 1. The number of hydrogen-bond donors (Lipinski definition) is 0. The first-order chi connectivity index (χ1) is 14.1. The highest BCUT2D eigenvalue weighted by Gasteiger charge is 2.21. The van der Waals surface area contributed by atoms with Crippen LogP contribution in [-0.2, 0) is 4.79 Å². The number of halogens is 1. The van der Waals surface area contributed by atoms with Gasteiger partial charge in [0.15, 0.2) is 11.5 Å². The van der Waals surface area contributed by atoms with Crippen LogP contribution >= 0.6 is 11.6 Å². The Labute approximate surface area is 175 Å². The highest BCUT2D eigenvalue weighted by atomic mass is 35.5. The van der Waals surface area contributed by atoms with Crippen molar-refractivity contribution in [2.75, 3.05) is 51.4 Å². The van der Waals surface area contributed by atoms with Gasteiger partial charge in [0.25, 0.3) is 0 Å². The summed E-state index contributed by atoms with van der Waals surface area (Å²) in [5, 5.41) is 0.721. The molecule has 2 heterocycles. The van der Waals surface area contributed by atoms with Crippen LogP contribution in [0.4, 0.5) is 5.69 Å². The predicted molar refractivity (Wildman–Crippen MR) is 113 cm³/mol. The van der Waals surface area contributed by atoms with Crippen molar-refractivity contribution >= 4 is 29.3 Å². The van der Waals surface area contributed by atoms with Crippen molar-refractivity contribution in [1.29, 1.82) is 0 Å². The van der Waals surface area contributed by atoms with Crippen molar-refractivity contribution in [3.63, 3.8) is 0 Å². The van der Waals surface area contributed by atoms with Gasteiger partial charge in [0.05, 0.1) is 7.11 Å². The van der Waals surface area contributed by atoms with Crippen molar-refractivity contribution in [2.24, 2.45) is 0 Å². The Bertz CT molecular complexity index is 906. The van der Waals surface area contributed by atoms with Crippen LogP contribution in [-0.4, -0.2) is 57.3 Å². The fraction of sp³-hybridized carbons (Fsp3) is 0.318. The Kier molecular flexibility index (Phi) is 5.81. The SMILES string of the molecule is COc1cc(/C=C/C(=O)N2CCN(c3cccc(Cl)c3)CC2)cc2c1OCCO2. The lowest BCUT2D eigenvalue weighted by Gasteiger charge is -2.35. The molecule has 0 atom stereocenters. The molecule has 0 N–H and O–H groups in total. The number of piperazine rings is 1. The van der Waals surface area contributed by atoms with E-state index in [1.165, 1.54) is 0 Å². The highest BCUT2D eigenvalue weighted by Crippen LogP contribution is 2.40. The van der Waals surface area contributed by atoms with Gasteiger partial charge in [-0.25, -0.2) is 0 Å². The van der Waals surface area contributed by atoms with Gasteiger partial charge in [-0.3, -0.25) is 4.79 Å². The standard InChI is InChI=1S/C22H23ClN2O4/c1-27-19-13-16(14-20-22(19)29-12-11-28-20)5-6-21(26)25-9-7-24(8-10-25)18-4-2-3-17(23)15-18/h2-6,13-15H,7-12H2,1H3/b6-5+. The van der Waals surface area contributed by atoms with E-state index < -0.39 is 0 Å². The summed E-state index contributed by atoms with van der Waals surface area (Å²) in [7, 11) is 1.59. The zero-order chi connectivity index (χ0) is 20.2. The molecule has 2 aromatic rings. The third-order valence-electron chi connectivity index (χ3n) is 5.03. The number of carbonyl (C=O) groups excluding carboxylic acids is 1. The van der Waals surface area contributed by atoms with Crippen LogP contribution in [0.25, 0.3) is 6.08 Å². The molecule has 6 nitrogen and oxygen atoms in total. The van der Waals surface area contributed by atoms with E-state index in [2.05, 4.69) is 4.90 Å². The molecule has 0 saturated carbocycles. The number of rotatable bonds is 4. The van der Waals surface area contributed by atoms with E-state index >= 15 is 0 Å². The summed E-state index contributed by atoms with van der Waals surface area (Å²) in [6.45, 7) is 3.88. The molecule has 1 fully saturated rings. The predicted octanol–water partition coefficient (Wildman–Crippen LogP) is 3.48. The topological polar surface area (TPSA) is 51.2 Å². The molecule has 2 aliphatic rings. The lowest BCUT2D eigenvalue weighted by molar-refractivity contribution is -0.126.